The molecule has 2 aromatic heterocycles. The van der Waals surface area contributed by atoms with Gasteiger partial charge in [0.25, 0.3) is 0 Å². The molecule has 5 nitrogen and oxygen atoms in total. The van der Waals surface area contributed by atoms with E-state index in [9.17, 15) is 26.3 Å². The van der Waals surface area contributed by atoms with E-state index >= 15 is 4.39 Å². The maximum atomic E-state index is 15.6. The third kappa shape index (κ3) is 5.36. The van der Waals surface area contributed by atoms with Crippen molar-refractivity contribution < 1.29 is 35.5 Å². The zero-order chi connectivity index (χ0) is 34.1. The van der Waals surface area contributed by atoms with Gasteiger partial charge >= 0.3 is 12.4 Å². The van der Waals surface area contributed by atoms with Crippen molar-refractivity contribution in [2.45, 2.75) is 71.5 Å². The van der Waals surface area contributed by atoms with E-state index < -0.39 is 34.8 Å². The summed E-state index contributed by atoms with van der Waals surface area (Å²) >= 11 is 0. The number of hydrogen-bond donors (Lipinski definition) is 1. The normalized spacial score (nSPS) is 15.1. The van der Waals surface area contributed by atoms with Gasteiger partial charge in [0.1, 0.15) is 0 Å². The number of fused-ring (bicyclic) bond motifs is 2. The second kappa shape index (κ2) is 11.4. The van der Waals surface area contributed by atoms with Crippen LogP contribution in [-0.2, 0) is 43.8 Å². The fourth-order valence-corrected chi connectivity index (χ4v) is 6.74. The van der Waals surface area contributed by atoms with Gasteiger partial charge in [0.2, 0.25) is 0 Å². The molecule has 1 N–H and O–H groups in total. The maximum Gasteiger partial charge on any atom is 0.416 e. The highest BCUT2D eigenvalue weighted by molar-refractivity contribution is 5.99. The van der Waals surface area contributed by atoms with Gasteiger partial charge in [-0.1, -0.05) is 38.1 Å². The first-order chi connectivity index (χ1) is 22.1. The van der Waals surface area contributed by atoms with E-state index in [0.29, 0.717) is 52.3 Å². The number of aryl methyl sites for hydroxylation is 2. The Morgan fingerprint density at radius 3 is 2.19 bits per heavy atom. The average Bonchev–Trinajstić information content (AvgIpc) is 3.70. The number of halogens is 7. The van der Waals surface area contributed by atoms with Gasteiger partial charge in [0.15, 0.2) is 11.6 Å². The summed E-state index contributed by atoms with van der Waals surface area (Å²) in [6, 6.07) is 10.9. The van der Waals surface area contributed by atoms with Gasteiger partial charge in [-0.15, -0.1) is 0 Å². The molecule has 0 spiro atoms. The lowest BCUT2D eigenvalue weighted by molar-refractivity contribution is -0.143. The Morgan fingerprint density at radius 2 is 1.60 bits per heavy atom. The van der Waals surface area contributed by atoms with E-state index in [4.69, 9.17) is 9.84 Å². The van der Waals surface area contributed by atoms with E-state index in [-0.39, 0.29) is 30.5 Å². The van der Waals surface area contributed by atoms with Crippen LogP contribution in [0.3, 0.4) is 0 Å². The first kappa shape index (κ1) is 32.6. The Hall–Kier alpha value is -4.32. The number of hydrogen-bond acceptors (Lipinski definition) is 3. The molecule has 12 heteroatoms. The van der Waals surface area contributed by atoms with Crippen LogP contribution in [-0.4, -0.2) is 26.8 Å². The molecule has 0 bridgehead atoms. The number of aromatic nitrogens is 3. The van der Waals surface area contributed by atoms with Crippen molar-refractivity contribution in [3.05, 3.63) is 99.6 Å². The summed E-state index contributed by atoms with van der Waals surface area (Å²) < 4.78 is 105. The number of benzene rings is 3. The molecule has 0 fully saturated rings. The molecule has 1 aliphatic rings. The molecule has 0 aliphatic carbocycles. The minimum absolute atomic E-state index is 0.0450. The summed E-state index contributed by atoms with van der Waals surface area (Å²) in [4.78, 5) is 4.82. The number of methoxy groups -OCH3 is 1. The summed E-state index contributed by atoms with van der Waals surface area (Å²) in [6.07, 6.45) is -6.88. The van der Waals surface area contributed by atoms with Crippen molar-refractivity contribution in [1.82, 2.24) is 19.7 Å². The molecule has 0 amide bonds. The van der Waals surface area contributed by atoms with E-state index in [0.717, 1.165) is 22.9 Å². The van der Waals surface area contributed by atoms with Crippen LogP contribution in [0.5, 0.6) is 5.75 Å². The van der Waals surface area contributed by atoms with E-state index in [1.165, 1.54) is 13.2 Å². The minimum Gasteiger partial charge on any atom is -0.492 e. The number of aromatic amines is 1. The molecule has 3 heterocycles. The summed E-state index contributed by atoms with van der Waals surface area (Å²) in [5.74, 6) is -0.560. The zero-order valence-corrected chi connectivity index (χ0v) is 26.4. The number of nitrogens with zero attached hydrogens (tertiary/aromatic N) is 3. The number of alkyl halides is 6. The smallest absolute Gasteiger partial charge is 0.416 e. The fraction of sp³-hybridized carbons (Fsp3) is 0.343. The van der Waals surface area contributed by atoms with Crippen molar-refractivity contribution in [2.24, 2.45) is 0 Å². The number of para-hydroxylation sites is 1. The molecule has 47 heavy (non-hydrogen) atoms. The van der Waals surface area contributed by atoms with Crippen molar-refractivity contribution in [2.75, 3.05) is 7.11 Å². The molecule has 1 aliphatic heterocycles. The van der Waals surface area contributed by atoms with Crippen LogP contribution in [0, 0.1) is 5.82 Å². The second-order valence-electron chi connectivity index (χ2n) is 12.2. The monoisotopic (exact) mass is 658 g/mol. The quantitative estimate of drug-likeness (QED) is 0.177. The van der Waals surface area contributed by atoms with Gasteiger partial charge < -0.3 is 9.72 Å². The Bertz CT molecular complexity index is 1960. The maximum absolute atomic E-state index is 15.6. The molecule has 0 radical (unpaired) electrons. The molecule has 6 rings (SSSR count). The van der Waals surface area contributed by atoms with Gasteiger partial charge in [-0.2, -0.15) is 31.4 Å². The lowest BCUT2D eigenvalue weighted by Gasteiger charge is -2.33. The van der Waals surface area contributed by atoms with E-state index in [1.54, 1.807) is 17.2 Å². The molecule has 5 aromatic rings. The lowest BCUT2D eigenvalue weighted by Crippen LogP contribution is -2.36. The van der Waals surface area contributed by atoms with Crippen LogP contribution in [0.25, 0.3) is 27.8 Å². The second-order valence-corrected chi connectivity index (χ2v) is 12.2. The Labute approximate surface area is 267 Å². The minimum atomic E-state index is -5.00. The SMILES string of the molecule is CCc1cccc(CC)c1-n1nc2c(c1-c1cc(F)c(OC)c3[nH]ccc13)CN(Cc1ccc(C(F)(F)F)cc1C(F)(F)F)C2(C)C. The van der Waals surface area contributed by atoms with Crippen molar-refractivity contribution in [3.8, 4) is 22.7 Å². The molecule has 3 aromatic carbocycles. The van der Waals surface area contributed by atoms with Crippen LogP contribution in [0.15, 0.2) is 54.7 Å². The Kier molecular flexibility index (Phi) is 7.93. The van der Waals surface area contributed by atoms with E-state index in [2.05, 4.69) is 4.98 Å². The van der Waals surface area contributed by atoms with E-state index in [1.807, 2.05) is 50.6 Å². The zero-order valence-electron chi connectivity index (χ0n) is 26.4. The molecule has 0 saturated heterocycles. The Morgan fingerprint density at radius 1 is 0.915 bits per heavy atom. The topological polar surface area (TPSA) is 46.1 Å². The molecule has 0 unspecified atom stereocenters. The van der Waals surface area contributed by atoms with Crippen molar-refractivity contribution in [3.63, 3.8) is 0 Å². The standard InChI is InChI=1S/C35H33F7N4O/c1-6-19-9-8-10-20(7-2)29(19)46-30(24-16-27(36)31(47-5)28-23(24)13-14-43-28)25-18-45(33(3,4)32(25)44-46)17-21-11-12-22(34(37,38)39)15-26(21)35(40,41)42/h8-16,43H,6-7,17-18H2,1-5H3. The Balaban J connectivity index is 1.57. The third-order valence-electron chi connectivity index (χ3n) is 9.19. The van der Waals surface area contributed by atoms with Crippen molar-refractivity contribution in [1.29, 1.82) is 0 Å². The summed E-state index contributed by atoms with van der Waals surface area (Å²) in [6.45, 7) is 7.53. The number of nitrogens with one attached hydrogen (secondary N) is 1. The highest BCUT2D eigenvalue weighted by Crippen LogP contribution is 2.48. The van der Waals surface area contributed by atoms with Crippen LogP contribution in [0.4, 0.5) is 30.7 Å². The summed E-state index contributed by atoms with van der Waals surface area (Å²) in [5.41, 5.74) is 1.76. The van der Waals surface area contributed by atoms with Gasteiger partial charge in [-0.3, -0.25) is 4.90 Å². The number of ether oxygens (including phenoxy) is 1. The summed E-state index contributed by atoms with van der Waals surface area (Å²) in [5, 5.41) is 5.78. The highest BCUT2D eigenvalue weighted by atomic mass is 19.4. The molecular weight excluding hydrogens is 625 g/mol. The molecule has 0 atom stereocenters. The fourth-order valence-electron chi connectivity index (χ4n) is 6.74. The van der Waals surface area contributed by atoms with Crippen LogP contribution in [0.1, 0.15) is 66.8 Å². The number of rotatable bonds is 7. The molecule has 248 valence electrons. The lowest BCUT2D eigenvalue weighted by atomic mass is 9.96. The molecular formula is C35H33F7N4O. The molecule has 0 saturated carbocycles. The highest BCUT2D eigenvalue weighted by Gasteiger charge is 2.45. The van der Waals surface area contributed by atoms with Gasteiger partial charge in [0.05, 0.1) is 46.4 Å². The summed E-state index contributed by atoms with van der Waals surface area (Å²) in [7, 11) is 1.38. The van der Waals surface area contributed by atoms with Gasteiger partial charge in [-0.05, 0) is 67.6 Å². The third-order valence-corrected chi connectivity index (χ3v) is 9.19. The predicted octanol–water partition coefficient (Wildman–Crippen LogP) is 9.58. The first-order valence-electron chi connectivity index (χ1n) is 15.2. The average molecular weight is 659 g/mol. The number of H-pyrrole nitrogens is 1. The largest absolute Gasteiger partial charge is 0.492 e. The van der Waals surface area contributed by atoms with Crippen molar-refractivity contribution >= 4 is 10.9 Å². The van der Waals surface area contributed by atoms with Gasteiger partial charge in [0, 0.05) is 35.8 Å². The van der Waals surface area contributed by atoms with Crippen LogP contribution in [0.2, 0.25) is 0 Å². The van der Waals surface area contributed by atoms with Crippen LogP contribution < -0.4 is 4.74 Å². The van der Waals surface area contributed by atoms with Crippen LogP contribution >= 0.6 is 0 Å². The predicted molar refractivity (Wildman–Crippen MR) is 165 cm³/mol. The first-order valence-corrected chi connectivity index (χ1v) is 15.2. The van der Waals surface area contributed by atoms with Gasteiger partial charge in [-0.25, -0.2) is 9.07 Å².